The second-order valence-corrected chi connectivity index (χ2v) is 10.7. The van der Waals surface area contributed by atoms with Crippen LogP contribution in [0.3, 0.4) is 0 Å². The highest BCUT2D eigenvalue weighted by Crippen LogP contribution is 2.09. The van der Waals surface area contributed by atoms with Gasteiger partial charge in [-0.2, -0.15) is 0 Å². The summed E-state index contributed by atoms with van der Waals surface area (Å²) in [5, 5.41) is 0. The first-order valence-corrected chi connectivity index (χ1v) is 13.8. The van der Waals surface area contributed by atoms with Gasteiger partial charge in [-0.1, -0.05) is 24.9 Å². The van der Waals surface area contributed by atoms with Gasteiger partial charge in [-0.3, -0.25) is 19.2 Å². The van der Waals surface area contributed by atoms with Crippen LogP contribution in [0.2, 0.25) is 24.2 Å². The average molecular weight is 435 g/mol. The van der Waals surface area contributed by atoms with Gasteiger partial charge in [0.2, 0.25) is 0 Å². The van der Waals surface area contributed by atoms with E-state index in [-0.39, 0.29) is 68.3 Å². The van der Waals surface area contributed by atoms with E-state index in [1.54, 1.807) is 0 Å². The summed E-state index contributed by atoms with van der Waals surface area (Å²) >= 11 is 0. The fourth-order valence-corrected chi connectivity index (χ4v) is 6.16. The fourth-order valence-electron chi connectivity index (χ4n) is 2.69. The molecule has 0 aliphatic heterocycles. The fraction of sp³-hybridized carbons (Fsp3) is 0.778. The summed E-state index contributed by atoms with van der Waals surface area (Å²) in [5.41, 5.74) is 0. The van der Waals surface area contributed by atoms with Crippen molar-refractivity contribution in [3.8, 4) is 0 Å². The predicted octanol–water partition coefficient (Wildman–Crippen LogP) is 0.767. The van der Waals surface area contributed by atoms with E-state index < -0.39 is 0 Å². The summed E-state index contributed by atoms with van der Waals surface area (Å²) in [6, 6.07) is 3.91. The maximum absolute atomic E-state index is 11.1. The zero-order valence-corrected chi connectivity index (χ0v) is 20.3. The van der Waals surface area contributed by atoms with Gasteiger partial charge in [0.05, 0.1) is 0 Å². The van der Waals surface area contributed by atoms with Gasteiger partial charge in [0.25, 0.3) is 0 Å². The normalized spacial score (nSPS) is 13.4. The van der Waals surface area contributed by atoms with Crippen LogP contribution in [0.15, 0.2) is 0 Å². The molecule has 2 unspecified atom stereocenters. The van der Waals surface area contributed by atoms with Crippen molar-refractivity contribution < 1.29 is 38.1 Å². The first-order valence-electron chi connectivity index (χ1n) is 9.81. The molecule has 0 aliphatic rings. The van der Waals surface area contributed by atoms with E-state index >= 15 is 0 Å². The molecule has 0 N–H and O–H groups in total. The number of esters is 4. The third-order valence-electron chi connectivity index (χ3n) is 3.91. The predicted molar refractivity (Wildman–Crippen MR) is 110 cm³/mol. The first kappa shape index (κ1) is 26.3. The Morgan fingerprint density at radius 2 is 1.00 bits per heavy atom. The van der Waals surface area contributed by atoms with E-state index in [1.807, 2.05) is 0 Å². The Balaban J connectivity index is 3.88. The second-order valence-electron chi connectivity index (χ2n) is 6.77. The Morgan fingerprint density at radius 1 is 0.643 bits per heavy atom. The molecule has 0 saturated carbocycles. The molecule has 0 saturated heterocycles. The number of carbonyl (C=O) groups is 4. The van der Waals surface area contributed by atoms with Gasteiger partial charge < -0.3 is 18.9 Å². The average Bonchev–Trinajstić information content (AvgIpc) is 2.58. The SMILES string of the molecule is CC(=O)OCC(C[SiH2]CCCC[SiH2]CC(COC(C)=O)OC(C)=O)OC(C)=O. The quantitative estimate of drug-likeness (QED) is 0.161. The lowest BCUT2D eigenvalue weighted by molar-refractivity contribution is -0.155. The van der Waals surface area contributed by atoms with E-state index in [0.29, 0.717) is 0 Å². The minimum Gasteiger partial charge on any atom is -0.462 e. The molecular formula is C18H34O8Si2. The van der Waals surface area contributed by atoms with Gasteiger partial charge in [-0.15, -0.1) is 0 Å². The van der Waals surface area contributed by atoms with Crippen LogP contribution in [0, 0.1) is 0 Å². The summed E-state index contributed by atoms with van der Waals surface area (Å²) in [6.07, 6.45) is 1.60. The van der Waals surface area contributed by atoms with Crippen molar-refractivity contribution in [3.63, 3.8) is 0 Å². The molecule has 2 atom stereocenters. The summed E-state index contributed by atoms with van der Waals surface area (Å²) in [4.78, 5) is 44.0. The molecule has 0 heterocycles. The standard InChI is InChI=1S/C18H34O8Si2/c1-13(19)23-9-17(25-15(3)21)11-27-7-5-6-8-28-12-18(26-16(4)22)10-24-14(2)20/h17-18H,5-12,27-28H2,1-4H3. The molecule has 0 spiro atoms. The third kappa shape index (κ3) is 17.7. The van der Waals surface area contributed by atoms with Crippen molar-refractivity contribution in [2.24, 2.45) is 0 Å². The molecule has 0 fully saturated rings. The molecule has 28 heavy (non-hydrogen) atoms. The zero-order valence-electron chi connectivity index (χ0n) is 17.5. The number of unbranched alkanes of at least 4 members (excludes halogenated alkanes) is 1. The monoisotopic (exact) mass is 434 g/mol. The highest BCUT2D eigenvalue weighted by Gasteiger charge is 2.15. The first-order chi connectivity index (χ1) is 13.2. The highest BCUT2D eigenvalue weighted by atomic mass is 28.2. The smallest absolute Gasteiger partial charge is 0.303 e. The van der Waals surface area contributed by atoms with Crippen LogP contribution in [-0.2, 0) is 38.1 Å². The summed E-state index contributed by atoms with van der Waals surface area (Å²) in [7, 11) is -0.772. The maximum Gasteiger partial charge on any atom is 0.303 e. The summed E-state index contributed by atoms with van der Waals surface area (Å²) in [6.45, 7) is 5.66. The lowest BCUT2D eigenvalue weighted by Gasteiger charge is -2.16. The Hall–Kier alpha value is -1.69. The molecule has 0 radical (unpaired) electrons. The molecule has 0 amide bonds. The van der Waals surface area contributed by atoms with Crippen molar-refractivity contribution in [1.29, 1.82) is 0 Å². The van der Waals surface area contributed by atoms with E-state index in [2.05, 4.69) is 0 Å². The van der Waals surface area contributed by atoms with Crippen molar-refractivity contribution in [1.82, 2.24) is 0 Å². The van der Waals surface area contributed by atoms with Gasteiger partial charge in [0.15, 0.2) is 0 Å². The lowest BCUT2D eigenvalue weighted by Crippen LogP contribution is -2.25. The van der Waals surface area contributed by atoms with Crippen LogP contribution in [0.4, 0.5) is 0 Å². The van der Waals surface area contributed by atoms with Crippen molar-refractivity contribution >= 4 is 42.9 Å². The molecule has 0 aliphatic carbocycles. The number of hydrogen-bond donors (Lipinski definition) is 0. The molecule has 8 nitrogen and oxygen atoms in total. The van der Waals surface area contributed by atoms with Gasteiger partial charge in [0, 0.05) is 46.7 Å². The lowest BCUT2D eigenvalue weighted by atomic mass is 10.4. The van der Waals surface area contributed by atoms with Crippen LogP contribution >= 0.6 is 0 Å². The third-order valence-corrected chi connectivity index (χ3v) is 8.02. The number of carbonyl (C=O) groups excluding carboxylic acids is 4. The van der Waals surface area contributed by atoms with Crippen LogP contribution < -0.4 is 0 Å². The minimum atomic E-state index is -0.386. The number of ether oxygens (including phenoxy) is 4. The van der Waals surface area contributed by atoms with Gasteiger partial charge in [0.1, 0.15) is 25.4 Å². The molecule has 0 aromatic heterocycles. The van der Waals surface area contributed by atoms with E-state index in [9.17, 15) is 19.2 Å². The van der Waals surface area contributed by atoms with E-state index in [1.165, 1.54) is 27.7 Å². The minimum absolute atomic E-state index is 0.134. The molecule has 0 aromatic rings. The van der Waals surface area contributed by atoms with Crippen molar-refractivity contribution in [3.05, 3.63) is 0 Å². The zero-order chi connectivity index (χ0) is 21.4. The largest absolute Gasteiger partial charge is 0.462 e. The Kier molecular flexibility index (Phi) is 15.3. The van der Waals surface area contributed by atoms with Crippen molar-refractivity contribution in [2.45, 2.75) is 76.9 Å². The molecule has 0 aromatic carbocycles. The maximum atomic E-state index is 11.1. The molecular weight excluding hydrogens is 400 g/mol. The Labute approximate surface area is 171 Å². The van der Waals surface area contributed by atoms with E-state index in [4.69, 9.17) is 18.9 Å². The second kappa shape index (κ2) is 16.3. The van der Waals surface area contributed by atoms with Crippen LogP contribution in [0.1, 0.15) is 40.5 Å². The van der Waals surface area contributed by atoms with E-state index in [0.717, 1.165) is 37.0 Å². The van der Waals surface area contributed by atoms with Crippen molar-refractivity contribution in [2.75, 3.05) is 13.2 Å². The summed E-state index contributed by atoms with van der Waals surface area (Å²) < 4.78 is 20.3. The molecule has 0 rings (SSSR count). The van der Waals surface area contributed by atoms with Gasteiger partial charge in [-0.05, 0) is 12.1 Å². The number of rotatable bonds is 15. The van der Waals surface area contributed by atoms with Crippen LogP contribution in [0.5, 0.6) is 0 Å². The molecule has 162 valence electrons. The van der Waals surface area contributed by atoms with Gasteiger partial charge >= 0.3 is 23.9 Å². The Morgan fingerprint density at radius 3 is 1.29 bits per heavy atom. The Bertz CT molecular complexity index is 454. The molecule has 0 bridgehead atoms. The molecule has 10 heteroatoms. The van der Waals surface area contributed by atoms with Gasteiger partial charge in [-0.25, -0.2) is 0 Å². The number of hydrogen-bond acceptors (Lipinski definition) is 8. The summed E-state index contributed by atoms with van der Waals surface area (Å²) in [5.74, 6) is -1.45. The van der Waals surface area contributed by atoms with Crippen LogP contribution in [0.25, 0.3) is 0 Å². The highest BCUT2D eigenvalue weighted by molar-refractivity contribution is 6.36. The van der Waals surface area contributed by atoms with Crippen LogP contribution in [-0.4, -0.2) is 68.3 Å². The topological polar surface area (TPSA) is 105 Å².